The quantitative estimate of drug-likeness (QED) is 0.776. The van der Waals surface area contributed by atoms with Crippen LogP contribution >= 0.6 is 11.6 Å². The molecule has 1 N–H and O–H groups in total. The first kappa shape index (κ1) is 16.2. The van der Waals surface area contributed by atoms with Crippen molar-refractivity contribution in [1.29, 1.82) is 0 Å². The van der Waals surface area contributed by atoms with Crippen molar-refractivity contribution >= 4 is 34.2 Å². The lowest BCUT2D eigenvalue weighted by Gasteiger charge is -2.11. The predicted molar refractivity (Wildman–Crippen MR) is 95.0 cm³/mol. The number of hydrogen-bond donors (Lipinski definition) is 1. The number of aryl methyl sites for hydroxylation is 2. The summed E-state index contributed by atoms with van der Waals surface area (Å²) in [6, 6.07) is 10.3. The van der Waals surface area contributed by atoms with Gasteiger partial charge in [0.1, 0.15) is 5.75 Å². The Balaban J connectivity index is 1.94. The number of fused-ring (bicyclic) bond motifs is 1. The van der Waals surface area contributed by atoms with Crippen molar-refractivity contribution < 1.29 is 9.53 Å². The van der Waals surface area contributed by atoms with E-state index in [1.807, 2.05) is 13.8 Å². The minimum Gasteiger partial charge on any atom is -0.495 e. The predicted octanol–water partition coefficient (Wildman–Crippen LogP) is 4.16. The topological polar surface area (TPSA) is 64.1 Å². The minimum atomic E-state index is -0.266. The first-order chi connectivity index (χ1) is 11.5. The van der Waals surface area contributed by atoms with Crippen molar-refractivity contribution in [3.05, 3.63) is 58.4 Å². The van der Waals surface area contributed by atoms with Gasteiger partial charge in [-0.2, -0.15) is 0 Å². The fourth-order valence-electron chi connectivity index (χ4n) is 2.34. The third kappa shape index (κ3) is 3.16. The summed E-state index contributed by atoms with van der Waals surface area (Å²) < 4.78 is 5.24. The lowest BCUT2D eigenvalue weighted by Crippen LogP contribution is -2.13. The minimum absolute atomic E-state index is 0.266. The Hall–Kier alpha value is -2.66. The molecule has 3 aromatic rings. The largest absolute Gasteiger partial charge is 0.495 e. The number of nitrogens with one attached hydrogen (secondary N) is 1. The highest BCUT2D eigenvalue weighted by atomic mass is 35.5. The van der Waals surface area contributed by atoms with Crippen LogP contribution in [0.4, 0.5) is 5.69 Å². The molecule has 0 fully saturated rings. The lowest BCUT2D eigenvalue weighted by atomic mass is 10.1. The summed E-state index contributed by atoms with van der Waals surface area (Å²) in [6.07, 6.45) is 0. The van der Waals surface area contributed by atoms with Crippen LogP contribution in [0.3, 0.4) is 0 Å². The Bertz CT molecular complexity index is 941. The molecule has 2 aromatic carbocycles. The summed E-state index contributed by atoms with van der Waals surface area (Å²) in [7, 11) is 1.54. The van der Waals surface area contributed by atoms with Gasteiger partial charge in [0.15, 0.2) is 0 Å². The molecule has 0 aliphatic heterocycles. The molecule has 6 heteroatoms. The lowest BCUT2D eigenvalue weighted by molar-refractivity contribution is 0.102. The number of hydrogen-bond acceptors (Lipinski definition) is 4. The molecule has 5 nitrogen and oxygen atoms in total. The van der Waals surface area contributed by atoms with E-state index in [1.54, 1.807) is 36.4 Å². The molecule has 122 valence electrons. The Morgan fingerprint density at radius 1 is 1.04 bits per heavy atom. The fraction of sp³-hybridized carbons (Fsp3) is 0.167. The van der Waals surface area contributed by atoms with Crippen LogP contribution in [0.15, 0.2) is 36.4 Å². The number of aromatic nitrogens is 2. The third-order valence-electron chi connectivity index (χ3n) is 3.75. The molecule has 3 rings (SSSR count). The van der Waals surface area contributed by atoms with E-state index in [1.165, 1.54) is 7.11 Å². The van der Waals surface area contributed by atoms with Gasteiger partial charge in [-0.25, -0.2) is 9.97 Å². The molecule has 1 aromatic heterocycles. The fourth-order valence-corrected chi connectivity index (χ4v) is 2.52. The van der Waals surface area contributed by atoms with E-state index < -0.39 is 0 Å². The number of carbonyl (C=O) groups excluding carboxylic acids is 1. The Morgan fingerprint density at radius 3 is 2.46 bits per heavy atom. The van der Waals surface area contributed by atoms with E-state index >= 15 is 0 Å². The normalized spacial score (nSPS) is 10.7. The average molecular weight is 342 g/mol. The van der Waals surface area contributed by atoms with Crippen LogP contribution in [0.1, 0.15) is 21.7 Å². The number of benzene rings is 2. The van der Waals surface area contributed by atoms with E-state index in [0.717, 1.165) is 16.9 Å². The van der Waals surface area contributed by atoms with Crippen LogP contribution in [-0.2, 0) is 0 Å². The Labute approximate surface area is 144 Å². The van der Waals surface area contributed by atoms with Gasteiger partial charge in [0.05, 0.1) is 35.2 Å². The summed E-state index contributed by atoms with van der Waals surface area (Å²) in [5.74, 6) is 0.275. The maximum Gasteiger partial charge on any atom is 0.255 e. The van der Waals surface area contributed by atoms with Gasteiger partial charge < -0.3 is 10.1 Å². The Kier molecular flexibility index (Phi) is 4.36. The second kappa shape index (κ2) is 6.45. The molecule has 1 amide bonds. The number of anilines is 1. The van der Waals surface area contributed by atoms with Gasteiger partial charge in [-0.1, -0.05) is 11.6 Å². The highest BCUT2D eigenvalue weighted by Gasteiger charge is 2.12. The third-order valence-corrected chi connectivity index (χ3v) is 3.98. The number of methoxy groups -OCH3 is 1. The van der Waals surface area contributed by atoms with Crippen LogP contribution in [0.5, 0.6) is 5.75 Å². The SMILES string of the molecule is COc1ccc(Cl)cc1NC(=O)c1ccc2nc(C)c(C)nc2c1. The van der Waals surface area contributed by atoms with Gasteiger partial charge in [0.25, 0.3) is 5.91 Å². The van der Waals surface area contributed by atoms with Gasteiger partial charge in [0, 0.05) is 10.6 Å². The van der Waals surface area contributed by atoms with E-state index in [2.05, 4.69) is 15.3 Å². The van der Waals surface area contributed by atoms with E-state index in [4.69, 9.17) is 16.3 Å². The molecular weight excluding hydrogens is 326 g/mol. The van der Waals surface area contributed by atoms with Crippen LogP contribution < -0.4 is 10.1 Å². The van der Waals surface area contributed by atoms with Crippen LogP contribution in [0.25, 0.3) is 11.0 Å². The van der Waals surface area contributed by atoms with E-state index in [0.29, 0.717) is 27.5 Å². The zero-order valence-electron chi connectivity index (χ0n) is 13.6. The van der Waals surface area contributed by atoms with Crippen molar-refractivity contribution in [2.45, 2.75) is 13.8 Å². The zero-order chi connectivity index (χ0) is 17.3. The zero-order valence-corrected chi connectivity index (χ0v) is 14.3. The van der Waals surface area contributed by atoms with Crippen molar-refractivity contribution in [1.82, 2.24) is 9.97 Å². The summed E-state index contributed by atoms with van der Waals surface area (Å²) >= 11 is 5.99. The van der Waals surface area contributed by atoms with Gasteiger partial charge >= 0.3 is 0 Å². The number of amides is 1. The summed E-state index contributed by atoms with van der Waals surface area (Å²) in [5, 5.41) is 3.33. The standard InChI is InChI=1S/C18H16ClN3O2/c1-10-11(2)21-15-8-12(4-6-14(15)20-10)18(23)22-16-9-13(19)5-7-17(16)24-3/h4-9H,1-3H3,(H,22,23). The number of ether oxygens (including phenoxy) is 1. The van der Waals surface area contributed by atoms with Crippen LogP contribution in [0.2, 0.25) is 5.02 Å². The highest BCUT2D eigenvalue weighted by Crippen LogP contribution is 2.28. The molecule has 0 aliphatic rings. The van der Waals surface area contributed by atoms with Gasteiger partial charge in [0.2, 0.25) is 0 Å². The second-order valence-electron chi connectivity index (χ2n) is 5.40. The maximum atomic E-state index is 12.5. The molecule has 24 heavy (non-hydrogen) atoms. The van der Waals surface area contributed by atoms with Gasteiger partial charge in [-0.05, 0) is 50.2 Å². The maximum absolute atomic E-state index is 12.5. The number of halogens is 1. The molecule has 0 saturated carbocycles. The summed E-state index contributed by atoms with van der Waals surface area (Å²) in [6.45, 7) is 3.80. The average Bonchev–Trinajstić information content (AvgIpc) is 2.55. The van der Waals surface area contributed by atoms with Crippen molar-refractivity contribution in [2.75, 3.05) is 12.4 Å². The summed E-state index contributed by atoms with van der Waals surface area (Å²) in [5.41, 5.74) is 4.17. The molecular formula is C18H16ClN3O2. The molecule has 1 heterocycles. The molecule has 0 radical (unpaired) electrons. The number of carbonyl (C=O) groups is 1. The van der Waals surface area contributed by atoms with Gasteiger partial charge in [-0.3, -0.25) is 4.79 Å². The monoisotopic (exact) mass is 341 g/mol. The first-order valence-electron chi connectivity index (χ1n) is 7.38. The summed E-state index contributed by atoms with van der Waals surface area (Å²) in [4.78, 5) is 21.5. The molecule has 0 aliphatic carbocycles. The van der Waals surface area contributed by atoms with E-state index in [-0.39, 0.29) is 5.91 Å². The Morgan fingerprint density at radius 2 is 1.75 bits per heavy atom. The van der Waals surface area contributed by atoms with Gasteiger partial charge in [-0.15, -0.1) is 0 Å². The number of rotatable bonds is 3. The number of nitrogens with zero attached hydrogens (tertiary/aromatic N) is 2. The molecule has 0 spiro atoms. The van der Waals surface area contributed by atoms with Crippen molar-refractivity contribution in [2.24, 2.45) is 0 Å². The van der Waals surface area contributed by atoms with Crippen molar-refractivity contribution in [3.8, 4) is 5.75 Å². The molecule has 0 unspecified atom stereocenters. The molecule has 0 atom stereocenters. The van der Waals surface area contributed by atoms with Crippen LogP contribution in [-0.4, -0.2) is 23.0 Å². The van der Waals surface area contributed by atoms with E-state index in [9.17, 15) is 4.79 Å². The van der Waals surface area contributed by atoms with Crippen LogP contribution in [0, 0.1) is 13.8 Å². The highest BCUT2D eigenvalue weighted by molar-refractivity contribution is 6.31. The van der Waals surface area contributed by atoms with Crippen molar-refractivity contribution in [3.63, 3.8) is 0 Å². The second-order valence-corrected chi connectivity index (χ2v) is 5.83. The molecule has 0 bridgehead atoms. The smallest absolute Gasteiger partial charge is 0.255 e. The first-order valence-corrected chi connectivity index (χ1v) is 7.75. The molecule has 0 saturated heterocycles.